The van der Waals surface area contributed by atoms with Gasteiger partial charge in [0.25, 0.3) is 5.91 Å². The van der Waals surface area contributed by atoms with Crippen molar-refractivity contribution in [3.05, 3.63) is 58.1 Å². The van der Waals surface area contributed by atoms with Crippen molar-refractivity contribution in [1.29, 1.82) is 0 Å². The zero-order valence-electron chi connectivity index (χ0n) is 26.8. The van der Waals surface area contributed by atoms with Gasteiger partial charge in [0.05, 0.1) is 16.4 Å². The summed E-state index contributed by atoms with van der Waals surface area (Å²) in [5, 5.41) is 0. The molecule has 1 amide bonds. The van der Waals surface area contributed by atoms with Crippen molar-refractivity contribution >= 4 is 17.8 Å². The van der Waals surface area contributed by atoms with Gasteiger partial charge in [-0.25, -0.2) is 0 Å². The summed E-state index contributed by atoms with van der Waals surface area (Å²) >= 11 is 0. The van der Waals surface area contributed by atoms with Crippen LogP contribution in [0, 0.1) is 10.8 Å². The van der Waals surface area contributed by atoms with Gasteiger partial charge in [-0.05, 0) is 82.8 Å². The van der Waals surface area contributed by atoms with E-state index >= 15 is 0 Å². The minimum Gasteiger partial charge on any atom is -0.426 e. The van der Waals surface area contributed by atoms with Crippen molar-refractivity contribution < 1.29 is 23.9 Å². The van der Waals surface area contributed by atoms with Crippen LogP contribution >= 0.6 is 0 Å². The molecule has 0 radical (unpaired) electrons. The third-order valence-corrected chi connectivity index (χ3v) is 7.88. The number of carbonyl (C=O) groups excluding carboxylic acids is 3. The minimum absolute atomic E-state index is 0.0420. The maximum absolute atomic E-state index is 14.1. The highest BCUT2D eigenvalue weighted by molar-refractivity contribution is 5.99. The number of esters is 2. The van der Waals surface area contributed by atoms with E-state index in [0.29, 0.717) is 24.4 Å². The van der Waals surface area contributed by atoms with Crippen molar-refractivity contribution in [1.82, 2.24) is 14.7 Å². The summed E-state index contributed by atoms with van der Waals surface area (Å²) in [7, 11) is 2.16. The second-order valence-electron chi connectivity index (χ2n) is 14.2. The Morgan fingerprint density at radius 2 is 1.36 bits per heavy atom. The van der Waals surface area contributed by atoms with Crippen LogP contribution in [0.4, 0.5) is 0 Å². The first-order valence-corrected chi connectivity index (χ1v) is 15.0. The average Bonchev–Trinajstić information content (AvgIpc) is 3.32. The van der Waals surface area contributed by atoms with Crippen molar-refractivity contribution in [3.63, 3.8) is 0 Å². The summed E-state index contributed by atoms with van der Waals surface area (Å²) in [5.41, 5.74) is 3.00. The molecule has 1 saturated heterocycles. The monoisotopic (exact) mass is 577 g/mol. The molecule has 2 aromatic carbocycles. The van der Waals surface area contributed by atoms with Gasteiger partial charge in [-0.15, -0.1) is 0 Å². The molecule has 0 N–H and O–H groups in total. The van der Waals surface area contributed by atoms with Gasteiger partial charge in [0.2, 0.25) is 0 Å². The first-order chi connectivity index (χ1) is 19.5. The van der Waals surface area contributed by atoms with Gasteiger partial charge in [-0.2, -0.15) is 0 Å². The number of amides is 1. The fourth-order valence-corrected chi connectivity index (χ4v) is 5.00. The van der Waals surface area contributed by atoms with Crippen LogP contribution in [0.25, 0.3) is 0 Å². The molecule has 0 saturated carbocycles. The average molecular weight is 578 g/mol. The molecule has 2 aliphatic heterocycles. The van der Waals surface area contributed by atoms with E-state index in [1.807, 2.05) is 13.8 Å². The van der Waals surface area contributed by atoms with E-state index in [0.717, 1.165) is 43.9 Å². The molecule has 2 aliphatic rings. The van der Waals surface area contributed by atoms with Crippen molar-refractivity contribution in [2.45, 2.75) is 80.9 Å². The molecule has 0 unspecified atom stereocenters. The molecule has 2 heterocycles. The van der Waals surface area contributed by atoms with Crippen LogP contribution in [0.1, 0.15) is 93.9 Å². The van der Waals surface area contributed by atoms with Gasteiger partial charge < -0.3 is 19.3 Å². The molecule has 0 bridgehead atoms. The third-order valence-electron chi connectivity index (χ3n) is 7.88. The van der Waals surface area contributed by atoms with Crippen molar-refractivity contribution in [2.75, 3.05) is 33.2 Å². The largest absolute Gasteiger partial charge is 0.426 e. The van der Waals surface area contributed by atoms with Crippen LogP contribution in [0.3, 0.4) is 0 Å². The van der Waals surface area contributed by atoms with Crippen LogP contribution in [0.15, 0.2) is 30.3 Å². The van der Waals surface area contributed by atoms with Crippen LogP contribution in [-0.2, 0) is 29.2 Å². The molecule has 0 aromatic heterocycles. The standard InChI is InChI=1S/C34H47N3O5/c1-22(2)26-17-27(29(42-32(40)34(6,7)8)18-28(26)41-31(39)33(3,4)5)30(38)37-20-24-11-10-23(16-25(24)21-37)19-36-14-12-35(9)13-15-36/h10-11,16-18,22H,12-15,19-21H2,1-9H3. The number of piperazine rings is 1. The summed E-state index contributed by atoms with van der Waals surface area (Å²) < 4.78 is 11.6. The van der Waals surface area contributed by atoms with Gasteiger partial charge in [-0.1, -0.05) is 32.0 Å². The highest BCUT2D eigenvalue weighted by atomic mass is 16.5. The molecule has 2 aromatic rings. The summed E-state index contributed by atoms with van der Waals surface area (Å²) in [6.07, 6.45) is 0. The zero-order chi connectivity index (χ0) is 31.0. The van der Waals surface area contributed by atoms with Gasteiger partial charge in [-0.3, -0.25) is 19.3 Å². The molecule has 4 rings (SSSR count). The van der Waals surface area contributed by atoms with Crippen LogP contribution in [0.2, 0.25) is 0 Å². The Morgan fingerprint density at radius 3 is 1.93 bits per heavy atom. The Morgan fingerprint density at radius 1 is 0.786 bits per heavy atom. The second-order valence-corrected chi connectivity index (χ2v) is 14.2. The first-order valence-electron chi connectivity index (χ1n) is 15.0. The van der Waals surface area contributed by atoms with Crippen LogP contribution in [0.5, 0.6) is 11.5 Å². The van der Waals surface area contributed by atoms with Gasteiger partial charge in [0.15, 0.2) is 0 Å². The number of rotatable bonds is 6. The predicted molar refractivity (Wildman–Crippen MR) is 164 cm³/mol. The number of benzene rings is 2. The molecular weight excluding hydrogens is 530 g/mol. The van der Waals surface area contributed by atoms with E-state index in [1.54, 1.807) is 52.5 Å². The zero-order valence-corrected chi connectivity index (χ0v) is 26.8. The first kappa shape index (κ1) is 31.7. The summed E-state index contributed by atoms with van der Waals surface area (Å²) in [6, 6.07) is 9.77. The molecule has 0 spiro atoms. The SMILES string of the molecule is CC(C)c1cc(C(=O)N2Cc3ccc(CN4CCN(C)CC4)cc3C2)c(OC(=O)C(C)(C)C)cc1OC(=O)C(C)(C)C. The molecule has 8 heteroatoms. The number of likely N-dealkylation sites (N-methyl/N-ethyl adjacent to an activating group) is 1. The fraction of sp³-hybridized carbons (Fsp3) is 0.559. The fourth-order valence-electron chi connectivity index (χ4n) is 5.00. The lowest BCUT2D eigenvalue weighted by Gasteiger charge is -2.32. The van der Waals surface area contributed by atoms with E-state index in [4.69, 9.17) is 9.47 Å². The van der Waals surface area contributed by atoms with E-state index in [1.165, 1.54) is 11.6 Å². The van der Waals surface area contributed by atoms with Crippen molar-refractivity contribution in [3.8, 4) is 11.5 Å². The quantitative estimate of drug-likeness (QED) is 0.326. The molecule has 0 atom stereocenters. The number of carbonyl (C=O) groups is 3. The normalized spacial score (nSPS) is 16.5. The van der Waals surface area contributed by atoms with Gasteiger partial charge in [0, 0.05) is 51.9 Å². The van der Waals surface area contributed by atoms with Crippen LogP contribution in [-0.4, -0.2) is 65.8 Å². The lowest BCUT2D eigenvalue weighted by atomic mass is 9.95. The Bertz CT molecular complexity index is 1340. The van der Waals surface area contributed by atoms with E-state index in [-0.39, 0.29) is 23.1 Å². The Kier molecular flexibility index (Phi) is 9.19. The van der Waals surface area contributed by atoms with E-state index < -0.39 is 22.8 Å². The third kappa shape index (κ3) is 7.39. The van der Waals surface area contributed by atoms with E-state index in [9.17, 15) is 14.4 Å². The number of hydrogen-bond donors (Lipinski definition) is 0. The molecular formula is C34H47N3O5. The predicted octanol–water partition coefficient (Wildman–Crippen LogP) is 5.62. The highest BCUT2D eigenvalue weighted by Crippen LogP contribution is 2.38. The Balaban J connectivity index is 1.63. The maximum atomic E-state index is 14.1. The molecule has 228 valence electrons. The topological polar surface area (TPSA) is 79.4 Å². The lowest BCUT2D eigenvalue weighted by Crippen LogP contribution is -2.43. The lowest BCUT2D eigenvalue weighted by molar-refractivity contribution is -0.143. The smallest absolute Gasteiger partial charge is 0.316 e. The summed E-state index contributed by atoms with van der Waals surface area (Å²) in [5.74, 6) is -0.734. The number of ether oxygens (including phenoxy) is 2. The highest BCUT2D eigenvalue weighted by Gasteiger charge is 2.32. The number of nitrogens with zero attached hydrogens (tertiary/aromatic N) is 3. The maximum Gasteiger partial charge on any atom is 0.316 e. The van der Waals surface area contributed by atoms with Gasteiger partial charge in [0.1, 0.15) is 11.5 Å². The number of hydrogen-bond acceptors (Lipinski definition) is 7. The molecule has 1 fully saturated rings. The minimum atomic E-state index is -0.788. The Labute approximate surface area is 250 Å². The van der Waals surface area contributed by atoms with Crippen molar-refractivity contribution in [2.24, 2.45) is 10.8 Å². The molecule has 42 heavy (non-hydrogen) atoms. The molecule has 0 aliphatic carbocycles. The molecule has 8 nitrogen and oxygen atoms in total. The van der Waals surface area contributed by atoms with Gasteiger partial charge >= 0.3 is 11.9 Å². The summed E-state index contributed by atoms with van der Waals surface area (Å²) in [4.78, 5) is 46.5. The Hall–Kier alpha value is -3.23. The number of fused-ring (bicyclic) bond motifs is 1. The van der Waals surface area contributed by atoms with E-state index in [2.05, 4.69) is 35.0 Å². The van der Waals surface area contributed by atoms with Crippen LogP contribution < -0.4 is 9.47 Å². The second kappa shape index (κ2) is 12.2. The summed E-state index contributed by atoms with van der Waals surface area (Å²) in [6.45, 7) is 20.7.